The van der Waals surface area contributed by atoms with Crippen LogP contribution in [0.1, 0.15) is 5.56 Å². The van der Waals surface area contributed by atoms with Crippen molar-refractivity contribution in [3.05, 3.63) is 35.9 Å². The molecule has 0 unspecified atom stereocenters. The lowest BCUT2D eigenvalue weighted by atomic mass is 10.1. The molecule has 2 N–H and O–H groups in total. The fraction of sp³-hybridized carbons (Fsp3) is 0.143. The van der Waals surface area contributed by atoms with Crippen molar-refractivity contribution in [1.82, 2.24) is 15.0 Å². The van der Waals surface area contributed by atoms with Gasteiger partial charge in [-0.05, 0) is 24.6 Å². The fourth-order valence-corrected chi connectivity index (χ4v) is 1.88. The minimum absolute atomic E-state index is 0.253. The van der Waals surface area contributed by atoms with Gasteiger partial charge in [-0.15, -0.1) is 0 Å². The van der Waals surface area contributed by atoms with Gasteiger partial charge in [-0.2, -0.15) is 4.98 Å². The molecule has 96 valence electrons. The average Bonchev–Trinajstić information content (AvgIpc) is 2.84. The zero-order chi connectivity index (χ0) is 13.4. The van der Waals surface area contributed by atoms with E-state index in [9.17, 15) is 5.11 Å². The Kier molecular flexibility index (Phi) is 2.59. The first-order valence-corrected chi connectivity index (χ1v) is 5.88. The minimum atomic E-state index is 0.253. The highest BCUT2D eigenvalue weighted by Crippen LogP contribution is 2.26. The molecule has 2 heterocycles. The predicted molar refractivity (Wildman–Crippen MR) is 72.3 cm³/mol. The van der Waals surface area contributed by atoms with Crippen molar-refractivity contribution in [2.24, 2.45) is 0 Å². The molecule has 0 aliphatic rings. The van der Waals surface area contributed by atoms with Crippen LogP contribution in [0.2, 0.25) is 0 Å². The van der Waals surface area contributed by atoms with Crippen molar-refractivity contribution in [3.63, 3.8) is 0 Å². The average molecular weight is 255 g/mol. The number of hydrogen-bond acceptors (Lipinski definition) is 4. The standard InChI is InChI=1S/C14H13N3O2/c1-8-3-4-9(7-11(8)18)13-15-10-5-6-12(19-2)16-14(10)17-13/h3-7,18H,1-2H3,(H,15,16,17). The molecule has 0 bridgehead atoms. The Labute approximate surface area is 109 Å². The number of nitrogens with zero attached hydrogens (tertiary/aromatic N) is 2. The maximum Gasteiger partial charge on any atom is 0.215 e. The van der Waals surface area contributed by atoms with E-state index in [1.54, 1.807) is 19.2 Å². The van der Waals surface area contributed by atoms with Crippen LogP contribution in [0.5, 0.6) is 11.6 Å². The summed E-state index contributed by atoms with van der Waals surface area (Å²) in [6.07, 6.45) is 0. The van der Waals surface area contributed by atoms with Crippen molar-refractivity contribution in [2.75, 3.05) is 7.11 Å². The lowest BCUT2D eigenvalue weighted by Crippen LogP contribution is -1.86. The van der Waals surface area contributed by atoms with Crippen molar-refractivity contribution in [2.45, 2.75) is 6.92 Å². The largest absolute Gasteiger partial charge is 0.508 e. The number of benzene rings is 1. The molecule has 0 saturated heterocycles. The zero-order valence-corrected chi connectivity index (χ0v) is 10.6. The lowest BCUT2D eigenvalue weighted by Gasteiger charge is -2.00. The number of aryl methyl sites for hydroxylation is 1. The number of phenols is 1. The number of nitrogens with one attached hydrogen (secondary N) is 1. The third-order valence-corrected chi connectivity index (χ3v) is 3.01. The molecular formula is C14H13N3O2. The molecule has 0 radical (unpaired) electrons. The number of phenolic OH excluding ortho intramolecular Hbond substituents is 1. The quantitative estimate of drug-likeness (QED) is 0.738. The SMILES string of the molecule is COc1ccc2[nH]c(-c3ccc(C)c(O)c3)nc2n1. The van der Waals surface area contributed by atoms with Crippen molar-refractivity contribution in [3.8, 4) is 23.0 Å². The number of imidazole rings is 1. The summed E-state index contributed by atoms with van der Waals surface area (Å²) in [5.74, 6) is 1.45. The van der Waals surface area contributed by atoms with E-state index in [0.29, 0.717) is 17.4 Å². The number of pyridine rings is 1. The molecule has 1 aromatic carbocycles. The van der Waals surface area contributed by atoms with Gasteiger partial charge < -0.3 is 14.8 Å². The van der Waals surface area contributed by atoms with Crippen molar-refractivity contribution < 1.29 is 9.84 Å². The van der Waals surface area contributed by atoms with Crippen LogP contribution in [0, 0.1) is 6.92 Å². The van der Waals surface area contributed by atoms with E-state index < -0.39 is 0 Å². The topological polar surface area (TPSA) is 71.0 Å². The molecule has 3 aromatic rings. The first kappa shape index (κ1) is 11.5. The number of H-pyrrole nitrogens is 1. The molecule has 0 amide bonds. The van der Waals surface area contributed by atoms with Gasteiger partial charge >= 0.3 is 0 Å². The van der Waals surface area contributed by atoms with E-state index in [-0.39, 0.29) is 5.75 Å². The molecule has 0 spiro atoms. The monoisotopic (exact) mass is 255 g/mol. The maximum absolute atomic E-state index is 9.74. The van der Waals surface area contributed by atoms with Crippen molar-refractivity contribution >= 4 is 11.2 Å². The highest BCUT2D eigenvalue weighted by Gasteiger charge is 2.08. The number of aromatic hydroxyl groups is 1. The van der Waals surface area contributed by atoms with E-state index in [4.69, 9.17) is 4.74 Å². The van der Waals surface area contributed by atoms with Gasteiger partial charge in [0.15, 0.2) is 5.65 Å². The van der Waals surface area contributed by atoms with E-state index in [2.05, 4.69) is 15.0 Å². The molecule has 0 atom stereocenters. The third-order valence-electron chi connectivity index (χ3n) is 3.01. The first-order chi connectivity index (χ1) is 9.17. The van der Waals surface area contributed by atoms with Gasteiger partial charge in [0.1, 0.15) is 11.6 Å². The Balaban J connectivity index is 2.11. The Morgan fingerprint density at radius 1 is 1.16 bits per heavy atom. The van der Waals surface area contributed by atoms with Gasteiger partial charge in [-0.3, -0.25) is 0 Å². The summed E-state index contributed by atoms with van der Waals surface area (Å²) in [5, 5.41) is 9.74. The predicted octanol–water partition coefficient (Wildman–Crippen LogP) is 2.65. The summed E-state index contributed by atoms with van der Waals surface area (Å²) in [4.78, 5) is 11.8. The molecule has 3 rings (SSSR count). The summed E-state index contributed by atoms with van der Waals surface area (Å²) < 4.78 is 5.07. The van der Waals surface area contributed by atoms with Gasteiger partial charge in [0.05, 0.1) is 12.6 Å². The summed E-state index contributed by atoms with van der Waals surface area (Å²) >= 11 is 0. The molecule has 5 nitrogen and oxygen atoms in total. The molecule has 0 fully saturated rings. The number of rotatable bonds is 2. The molecule has 19 heavy (non-hydrogen) atoms. The normalized spacial score (nSPS) is 10.8. The van der Waals surface area contributed by atoms with Gasteiger partial charge in [-0.1, -0.05) is 12.1 Å². The number of methoxy groups -OCH3 is 1. The summed E-state index contributed by atoms with van der Waals surface area (Å²) in [6, 6.07) is 9.09. The number of hydrogen-bond donors (Lipinski definition) is 2. The number of aromatic nitrogens is 3. The second kappa shape index (κ2) is 4.28. The Bertz CT molecular complexity index is 750. The van der Waals surface area contributed by atoms with E-state index >= 15 is 0 Å². The maximum atomic E-state index is 9.74. The highest BCUT2D eigenvalue weighted by atomic mass is 16.5. The van der Waals surface area contributed by atoms with Crippen LogP contribution in [-0.4, -0.2) is 27.2 Å². The first-order valence-electron chi connectivity index (χ1n) is 5.88. The second-order valence-corrected chi connectivity index (χ2v) is 4.31. The van der Waals surface area contributed by atoms with E-state index in [0.717, 1.165) is 16.6 Å². The van der Waals surface area contributed by atoms with Gasteiger partial charge in [-0.25, -0.2) is 4.98 Å². The van der Waals surface area contributed by atoms with E-state index in [1.807, 2.05) is 25.1 Å². The van der Waals surface area contributed by atoms with Crippen LogP contribution < -0.4 is 4.74 Å². The van der Waals surface area contributed by atoms with Gasteiger partial charge in [0, 0.05) is 11.6 Å². The molecule has 0 aliphatic carbocycles. The van der Waals surface area contributed by atoms with Crippen LogP contribution in [0.25, 0.3) is 22.6 Å². The smallest absolute Gasteiger partial charge is 0.215 e. The van der Waals surface area contributed by atoms with Crippen molar-refractivity contribution in [1.29, 1.82) is 0 Å². The van der Waals surface area contributed by atoms with Crippen LogP contribution in [0.15, 0.2) is 30.3 Å². The Hall–Kier alpha value is -2.56. The number of fused-ring (bicyclic) bond motifs is 1. The number of aromatic amines is 1. The third kappa shape index (κ3) is 1.99. The molecule has 5 heteroatoms. The molecule has 2 aromatic heterocycles. The molecule has 0 saturated carbocycles. The second-order valence-electron chi connectivity index (χ2n) is 4.31. The summed E-state index contributed by atoms with van der Waals surface area (Å²) in [7, 11) is 1.57. The molecule has 0 aliphatic heterocycles. The van der Waals surface area contributed by atoms with Gasteiger partial charge in [0.25, 0.3) is 0 Å². The Morgan fingerprint density at radius 2 is 2.00 bits per heavy atom. The summed E-state index contributed by atoms with van der Waals surface area (Å²) in [6.45, 7) is 1.85. The van der Waals surface area contributed by atoms with Crippen LogP contribution in [0.3, 0.4) is 0 Å². The van der Waals surface area contributed by atoms with Crippen LogP contribution in [0.4, 0.5) is 0 Å². The Morgan fingerprint density at radius 3 is 2.74 bits per heavy atom. The molecular weight excluding hydrogens is 242 g/mol. The zero-order valence-electron chi connectivity index (χ0n) is 10.6. The highest BCUT2D eigenvalue weighted by molar-refractivity contribution is 5.76. The summed E-state index contributed by atoms with van der Waals surface area (Å²) in [5.41, 5.74) is 3.07. The lowest BCUT2D eigenvalue weighted by molar-refractivity contribution is 0.399. The number of ether oxygens (including phenoxy) is 1. The van der Waals surface area contributed by atoms with E-state index in [1.165, 1.54) is 0 Å². The van der Waals surface area contributed by atoms with Gasteiger partial charge in [0.2, 0.25) is 5.88 Å². The van der Waals surface area contributed by atoms with Crippen LogP contribution in [-0.2, 0) is 0 Å². The fourth-order valence-electron chi connectivity index (χ4n) is 1.88. The van der Waals surface area contributed by atoms with Crippen LogP contribution >= 0.6 is 0 Å². The minimum Gasteiger partial charge on any atom is -0.508 e.